The number of fused-ring (bicyclic) bond motifs is 1. The van der Waals surface area contributed by atoms with Gasteiger partial charge in [-0.05, 0) is 24.1 Å². The van der Waals surface area contributed by atoms with Gasteiger partial charge >= 0.3 is 17.9 Å². The molecule has 1 aromatic carbocycles. The van der Waals surface area contributed by atoms with E-state index in [0.717, 1.165) is 12.5 Å². The first kappa shape index (κ1) is 22.2. The van der Waals surface area contributed by atoms with Crippen LogP contribution in [0.3, 0.4) is 0 Å². The van der Waals surface area contributed by atoms with E-state index >= 15 is 0 Å². The molecule has 11 heteroatoms. The molecule has 0 spiro atoms. The molecule has 0 unspecified atom stereocenters. The van der Waals surface area contributed by atoms with Crippen LogP contribution in [-0.4, -0.2) is 73.8 Å². The Balaban J connectivity index is 1.91. The minimum absolute atomic E-state index is 0.0172. The summed E-state index contributed by atoms with van der Waals surface area (Å²) in [5.74, 6) is -3.88. The van der Waals surface area contributed by atoms with Crippen molar-refractivity contribution in [1.29, 1.82) is 0 Å². The third kappa shape index (κ3) is 4.66. The van der Waals surface area contributed by atoms with Crippen LogP contribution in [0.4, 0.5) is 11.4 Å². The number of nitrogens with zero attached hydrogens (tertiary/aromatic N) is 2. The van der Waals surface area contributed by atoms with Gasteiger partial charge in [0.05, 0.1) is 13.7 Å². The molecule has 166 valence electrons. The molecular formula is C20H22N2O9. The van der Waals surface area contributed by atoms with E-state index in [1.807, 2.05) is 0 Å². The Hall–Kier alpha value is -3.47. The lowest BCUT2D eigenvalue weighted by molar-refractivity contribution is -0.177. The molecule has 3 rings (SSSR count). The number of esters is 2. The molecule has 1 fully saturated rings. The van der Waals surface area contributed by atoms with Crippen LogP contribution in [0.15, 0.2) is 18.2 Å². The summed E-state index contributed by atoms with van der Waals surface area (Å²) < 4.78 is 14.7. The number of ether oxygens (including phenoxy) is 3. The smallest absolute Gasteiger partial charge is 0.348 e. The zero-order valence-electron chi connectivity index (χ0n) is 17.0. The Morgan fingerprint density at radius 3 is 2.65 bits per heavy atom. The maximum atomic E-state index is 13.0. The van der Waals surface area contributed by atoms with Crippen molar-refractivity contribution in [3.05, 3.63) is 23.8 Å². The molecule has 0 bridgehead atoms. The van der Waals surface area contributed by atoms with Crippen molar-refractivity contribution in [3.63, 3.8) is 0 Å². The van der Waals surface area contributed by atoms with E-state index in [9.17, 15) is 29.1 Å². The van der Waals surface area contributed by atoms with Crippen molar-refractivity contribution in [2.75, 3.05) is 36.6 Å². The molecule has 2 aliphatic rings. The van der Waals surface area contributed by atoms with Crippen LogP contribution in [0.5, 0.6) is 0 Å². The molecule has 0 saturated carbocycles. The second-order valence-electron chi connectivity index (χ2n) is 7.02. The number of methoxy groups -OCH3 is 1. The van der Waals surface area contributed by atoms with Gasteiger partial charge in [0, 0.05) is 31.3 Å². The molecule has 0 aromatic heterocycles. The predicted octanol–water partition coefficient (Wildman–Crippen LogP) is -0.113. The molecule has 2 aliphatic heterocycles. The first-order chi connectivity index (χ1) is 14.7. The van der Waals surface area contributed by atoms with Crippen molar-refractivity contribution in [2.24, 2.45) is 0 Å². The third-order valence-corrected chi connectivity index (χ3v) is 5.03. The SMILES string of the molecule is COC(=O)CN1C(=O)CCc2ccc(N3CCO[C@H]([C@@H](OC(C)=O)C(=O)O)C3=O)cc21. The lowest BCUT2D eigenvalue weighted by Gasteiger charge is -2.35. The van der Waals surface area contributed by atoms with Crippen LogP contribution in [0.1, 0.15) is 18.9 Å². The molecule has 2 heterocycles. The third-order valence-electron chi connectivity index (χ3n) is 5.03. The van der Waals surface area contributed by atoms with Gasteiger partial charge < -0.3 is 29.1 Å². The molecule has 11 nitrogen and oxygen atoms in total. The van der Waals surface area contributed by atoms with Crippen molar-refractivity contribution in [1.82, 2.24) is 0 Å². The maximum Gasteiger partial charge on any atom is 0.348 e. The summed E-state index contributed by atoms with van der Waals surface area (Å²) in [6.07, 6.45) is -2.58. The monoisotopic (exact) mass is 434 g/mol. The van der Waals surface area contributed by atoms with Gasteiger partial charge in [0.2, 0.25) is 12.0 Å². The zero-order chi connectivity index (χ0) is 22.7. The van der Waals surface area contributed by atoms with Gasteiger partial charge in [-0.1, -0.05) is 6.07 Å². The van der Waals surface area contributed by atoms with Crippen LogP contribution in [-0.2, 0) is 44.6 Å². The van der Waals surface area contributed by atoms with E-state index in [1.165, 1.54) is 16.9 Å². The van der Waals surface area contributed by atoms with E-state index in [-0.39, 0.29) is 32.0 Å². The van der Waals surface area contributed by atoms with Crippen molar-refractivity contribution >= 4 is 41.1 Å². The van der Waals surface area contributed by atoms with E-state index < -0.39 is 36.0 Å². The quantitative estimate of drug-likeness (QED) is 0.607. The summed E-state index contributed by atoms with van der Waals surface area (Å²) in [6, 6.07) is 5.02. The topological polar surface area (TPSA) is 140 Å². The van der Waals surface area contributed by atoms with E-state index in [2.05, 4.69) is 4.74 Å². The van der Waals surface area contributed by atoms with Crippen LogP contribution in [0, 0.1) is 0 Å². The average Bonchev–Trinajstić information content (AvgIpc) is 2.73. The number of hydrogen-bond acceptors (Lipinski definition) is 8. The summed E-state index contributed by atoms with van der Waals surface area (Å²) in [5.41, 5.74) is 1.70. The number of carbonyl (C=O) groups is 5. The fourth-order valence-electron chi connectivity index (χ4n) is 3.56. The predicted molar refractivity (Wildman–Crippen MR) is 104 cm³/mol. The highest BCUT2D eigenvalue weighted by molar-refractivity contribution is 6.03. The fourth-order valence-corrected chi connectivity index (χ4v) is 3.56. The highest BCUT2D eigenvalue weighted by Crippen LogP contribution is 2.33. The first-order valence-electron chi connectivity index (χ1n) is 9.56. The summed E-state index contributed by atoms with van der Waals surface area (Å²) in [6.45, 7) is 0.922. The molecular weight excluding hydrogens is 412 g/mol. The number of anilines is 2. The number of rotatable bonds is 6. The largest absolute Gasteiger partial charge is 0.478 e. The normalized spacial score (nSPS) is 19.5. The number of carbonyl (C=O) groups excluding carboxylic acids is 4. The van der Waals surface area contributed by atoms with Gasteiger partial charge in [-0.3, -0.25) is 19.2 Å². The van der Waals surface area contributed by atoms with Gasteiger partial charge in [-0.25, -0.2) is 4.79 Å². The molecule has 1 saturated heterocycles. The first-order valence-corrected chi connectivity index (χ1v) is 9.56. The number of carboxylic acid groups (broad SMARTS) is 1. The summed E-state index contributed by atoms with van der Waals surface area (Å²) in [7, 11) is 1.22. The van der Waals surface area contributed by atoms with E-state index in [0.29, 0.717) is 17.8 Å². The summed E-state index contributed by atoms with van der Waals surface area (Å²) in [5, 5.41) is 9.36. The highest BCUT2D eigenvalue weighted by atomic mass is 16.6. The number of hydrogen-bond donors (Lipinski definition) is 1. The van der Waals surface area contributed by atoms with Gasteiger partial charge in [0.25, 0.3) is 5.91 Å². The molecule has 31 heavy (non-hydrogen) atoms. The van der Waals surface area contributed by atoms with Crippen LogP contribution in [0.2, 0.25) is 0 Å². The Bertz CT molecular complexity index is 929. The van der Waals surface area contributed by atoms with Crippen molar-refractivity contribution < 1.29 is 43.3 Å². The Kier molecular flexibility index (Phi) is 6.54. The molecule has 1 aromatic rings. The summed E-state index contributed by atoms with van der Waals surface area (Å²) in [4.78, 5) is 62.5. The van der Waals surface area contributed by atoms with Crippen molar-refractivity contribution in [2.45, 2.75) is 32.0 Å². The molecule has 0 aliphatic carbocycles. The Morgan fingerprint density at radius 1 is 1.26 bits per heavy atom. The van der Waals surface area contributed by atoms with Crippen molar-refractivity contribution in [3.8, 4) is 0 Å². The molecule has 2 amide bonds. The Labute approximate surface area is 177 Å². The van der Waals surface area contributed by atoms with Crippen LogP contribution >= 0.6 is 0 Å². The number of aryl methyl sites for hydroxylation is 1. The lowest BCUT2D eigenvalue weighted by Crippen LogP contribution is -2.55. The van der Waals surface area contributed by atoms with Gasteiger partial charge in [0.1, 0.15) is 6.54 Å². The standard InChI is InChI=1S/C20H22N2O9/c1-11(23)31-18(20(27)28)17-19(26)21(7-8-30-17)13-5-3-12-4-6-15(24)22(14(12)9-13)10-16(25)29-2/h3,5,9,17-18H,4,6-8,10H2,1-2H3,(H,27,28)/t17-,18-/m1/s1. The second-order valence-corrected chi connectivity index (χ2v) is 7.02. The fraction of sp³-hybridized carbons (Fsp3) is 0.450. The molecule has 0 radical (unpaired) electrons. The van der Waals surface area contributed by atoms with Crippen LogP contribution in [0.25, 0.3) is 0 Å². The minimum Gasteiger partial charge on any atom is -0.478 e. The van der Waals surface area contributed by atoms with E-state index in [1.54, 1.807) is 18.2 Å². The Morgan fingerprint density at radius 2 is 2.00 bits per heavy atom. The second kappa shape index (κ2) is 9.13. The van der Waals surface area contributed by atoms with Gasteiger partial charge in [0.15, 0.2) is 6.10 Å². The van der Waals surface area contributed by atoms with E-state index in [4.69, 9.17) is 9.47 Å². The average molecular weight is 434 g/mol. The maximum absolute atomic E-state index is 13.0. The number of amides is 2. The summed E-state index contributed by atoms with van der Waals surface area (Å²) >= 11 is 0. The zero-order valence-corrected chi connectivity index (χ0v) is 17.0. The minimum atomic E-state index is -1.79. The number of carboxylic acids is 1. The van der Waals surface area contributed by atoms with Gasteiger partial charge in [-0.2, -0.15) is 0 Å². The molecule has 1 N–H and O–H groups in total. The number of aliphatic carboxylic acids is 1. The molecule has 2 atom stereocenters. The van der Waals surface area contributed by atoms with Crippen LogP contribution < -0.4 is 9.80 Å². The lowest BCUT2D eigenvalue weighted by atomic mass is 9.99. The van der Waals surface area contributed by atoms with Gasteiger partial charge in [-0.15, -0.1) is 0 Å². The highest BCUT2D eigenvalue weighted by Gasteiger charge is 2.43. The number of morpholine rings is 1. The number of benzene rings is 1.